The summed E-state index contributed by atoms with van der Waals surface area (Å²) in [7, 11) is 1.52. The van der Waals surface area contributed by atoms with Gasteiger partial charge in [0.1, 0.15) is 22.3 Å². The third kappa shape index (κ3) is 4.00. The Morgan fingerprint density at radius 2 is 2.00 bits per heavy atom. The Hall–Kier alpha value is -3.24. The van der Waals surface area contributed by atoms with E-state index in [0.717, 1.165) is 27.2 Å². The van der Waals surface area contributed by atoms with Crippen LogP contribution in [0.4, 0.5) is 23.0 Å². The van der Waals surface area contributed by atoms with Crippen LogP contribution in [0.2, 0.25) is 5.02 Å². The lowest BCUT2D eigenvalue weighted by atomic mass is 9.96. The van der Waals surface area contributed by atoms with Crippen LogP contribution in [0.3, 0.4) is 0 Å². The number of carboxylic acid groups (broad SMARTS) is 1. The zero-order chi connectivity index (χ0) is 24.9. The van der Waals surface area contributed by atoms with Crippen LogP contribution in [-0.4, -0.2) is 59.7 Å². The minimum Gasteiger partial charge on any atom is -0.497 e. The summed E-state index contributed by atoms with van der Waals surface area (Å²) in [5.74, 6) is -0.129. The molecular formula is C24H19ClF3N3O3S. The van der Waals surface area contributed by atoms with Gasteiger partial charge in [-0.25, -0.2) is 18.0 Å². The van der Waals surface area contributed by atoms with Crippen LogP contribution in [0.5, 0.6) is 5.75 Å². The Labute approximate surface area is 207 Å². The van der Waals surface area contributed by atoms with Crippen molar-refractivity contribution in [2.75, 3.05) is 31.6 Å². The van der Waals surface area contributed by atoms with Crippen LogP contribution < -0.4 is 9.64 Å². The van der Waals surface area contributed by atoms with Crippen LogP contribution in [0.1, 0.15) is 0 Å². The second-order valence-electron chi connectivity index (χ2n) is 8.15. The lowest BCUT2D eigenvalue weighted by molar-refractivity contribution is 0.0714. The van der Waals surface area contributed by atoms with Gasteiger partial charge < -0.3 is 19.6 Å². The molecule has 0 spiro atoms. The number of carbonyl (C=O) groups is 1. The van der Waals surface area contributed by atoms with Crippen LogP contribution in [0.25, 0.3) is 32.8 Å². The van der Waals surface area contributed by atoms with Gasteiger partial charge in [0.2, 0.25) is 0 Å². The molecule has 1 fully saturated rings. The summed E-state index contributed by atoms with van der Waals surface area (Å²) >= 11 is 7.51. The van der Waals surface area contributed by atoms with E-state index >= 15 is 4.39 Å². The second-order valence-corrected chi connectivity index (χ2v) is 9.31. The Balaban J connectivity index is 1.65. The Morgan fingerprint density at radius 1 is 1.23 bits per heavy atom. The molecule has 0 saturated carbocycles. The van der Waals surface area contributed by atoms with Crippen LogP contribution in [0, 0.1) is 5.82 Å². The number of nitrogens with zero attached hydrogens (tertiary/aromatic N) is 3. The maximum Gasteiger partial charge on any atom is 0.407 e. The average Bonchev–Trinajstić information content (AvgIpc) is 3.27. The number of hydrogen-bond donors (Lipinski definition) is 1. The number of amides is 1. The summed E-state index contributed by atoms with van der Waals surface area (Å²) in [5, 5.41) is 11.6. The molecule has 3 aromatic carbocycles. The molecule has 2 heterocycles. The highest BCUT2D eigenvalue weighted by atomic mass is 35.5. The molecule has 1 amide bonds. The predicted octanol–water partition coefficient (Wildman–Crippen LogP) is 6.35. The molecule has 0 aliphatic carbocycles. The third-order valence-electron chi connectivity index (χ3n) is 6.23. The molecule has 35 heavy (non-hydrogen) atoms. The SMILES string of the molecule is COc1cc(-c2c(Cl)cc3c(N4CCN(C(=O)O)C[C@H]4C(F)F)snc3c2F)c2ccccc2c1. The van der Waals surface area contributed by atoms with Crippen molar-refractivity contribution in [3.05, 3.63) is 53.3 Å². The Bertz CT molecular complexity index is 1450. The van der Waals surface area contributed by atoms with E-state index < -0.39 is 24.4 Å². The zero-order valence-corrected chi connectivity index (χ0v) is 19.9. The molecule has 182 valence electrons. The first-order valence-corrected chi connectivity index (χ1v) is 11.8. The van der Waals surface area contributed by atoms with Crippen molar-refractivity contribution >= 4 is 55.9 Å². The molecule has 5 rings (SSSR count). The van der Waals surface area contributed by atoms with E-state index in [4.69, 9.17) is 16.3 Å². The van der Waals surface area contributed by atoms with Crippen molar-refractivity contribution in [1.82, 2.24) is 9.27 Å². The van der Waals surface area contributed by atoms with E-state index in [1.807, 2.05) is 30.3 Å². The van der Waals surface area contributed by atoms with Gasteiger partial charge in [-0.2, -0.15) is 4.37 Å². The lowest BCUT2D eigenvalue weighted by Crippen LogP contribution is -2.57. The minimum atomic E-state index is -2.81. The fourth-order valence-electron chi connectivity index (χ4n) is 4.51. The quantitative estimate of drug-likeness (QED) is 0.339. The fourth-order valence-corrected chi connectivity index (χ4v) is 5.75. The summed E-state index contributed by atoms with van der Waals surface area (Å²) in [6, 6.07) is 11.1. The number of benzene rings is 3. The smallest absolute Gasteiger partial charge is 0.407 e. The van der Waals surface area contributed by atoms with Gasteiger partial charge in [-0.1, -0.05) is 35.9 Å². The van der Waals surface area contributed by atoms with Gasteiger partial charge in [0, 0.05) is 30.6 Å². The van der Waals surface area contributed by atoms with E-state index in [9.17, 15) is 18.7 Å². The van der Waals surface area contributed by atoms with Crippen molar-refractivity contribution in [2.24, 2.45) is 0 Å². The Kier molecular flexibility index (Phi) is 6.10. The molecule has 1 aliphatic rings. The van der Waals surface area contributed by atoms with E-state index in [1.54, 1.807) is 6.07 Å². The van der Waals surface area contributed by atoms with Crippen molar-refractivity contribution < 1.29 is 27.8 Å². The summed E-state index contributed by atoms with van der Waals surface area (Å²) in [4.78, 5) is 13.7. The summed E-state index contributed by atoms with van der Waals surface area (Å²) < 4.78 is 53.3. The zero-order valence-electron chi connectivity index (χ0n) is 18.3. The average molecular weight is 522 g/mol. The number of methoxy groups -OCH3 is 1. The van der Waals surface area contributed by atoms with Crippen molar-refractivity contribution in [2.45, 2.75) is 12.5 Å². The van der Waals surface area contributed by atoms with Crippen LogP contribution in [-0.2, 0) is 0 Å². The summed E-state index contributed by atoms with van der Waals surface area (Å²) in [6.45, 7) is -0.293. The lowest BCUT2D eigenvalue weighted by Gasteiger charge is -2.40. The first-order chi connectivity index (χ1) is 16.8. The highest BCUT2D eigenvalue weighted by Crippen LogP contribution is 2.44. The molecule has 1 saturated heterocycles. The first-order valence-electron chi connectivity index (χ1n) is 10.7. The highest BCUT2D eigenvalue weighted by Gasteiger charge is 2.37. The highest BCUT2D eigenvalue weighted by molar-refractivity contribution is 7.11. The number of fused-ring (bicyclic) bond motifs is 2. The molecule has 4 aromatic rings. The molecule has 1 aliphatic heterocycles. The number of hydrogen-bond acceptors (Lipinski definition) is 5. The van der Waals surface area contributed by atoms with Crippen molar-refractivity contribution in [3.8, 4) is 16.9 Å². The maximum atomic E-state index is 15.9. The standard InChI is InChI=1S/C24H19ClF3N3O3S/c1-34-13-8-12-4-2-3-5-14(12)15(9-13)19-17(25)10-16-21(20(19)26)29-35-23(16)31-7-6-30(24(32)33)11-18(31)22(27)28/h2-5,8-10,18,22H,6-7,11H2,1H3,(H,32,33)/t18-/m0/s1. The van der Waals surface area contributed by atoms with Crippen LogP contribution in [0.15, 0.2) is 42.5 Å². The van der Waals surface area contributed by atoms with Crippen molar-refractivity contribution in [3.63, 3.8) is 0 Å². The largest absolute Gasteiger partial charge is 0.497 e. The van der Waals surface area contributed by atoms with E-state index in [0.29, 0.717) is 21.7 Å². The summed E-state index contributed by atoms with van der Waals surface area (Å²) in [5.41, 5.74) is 0.691. The number of anilines is 1. The topological polar surface area (TPSA) is 65.9 Å². The number of ether oxygens (including phenoxy) is 1. The number of aromatic nitrogens is 1. The molecular weight excluding hydrogens is 503 g/mol. The minimum absolute atomic E-state index is 0.0185. The maximum absolute atomic E-state index is 15.9. The van der Waals surface area contributed by atoms with Crippen molar-refractivity contribution in [1.29, 1.82) is 0 Å². The number of alkyl halides is 2. The number of rotatable bonds is 4. The van der Waals surface area contributed by atoms with Gasteiger partial charge in [-0.3, -0.25) is 0 Å². The third-order valence-corrected chi connectivity index (χ3v) is 7.43. The monoisotopic (exact) mass is 521 g/mol. The fraction of sp³-hybridized carbons (Fsp3) is 0.250. The second kappa shape index (κ2) is 9.09. The number of piperazine rings is 1. The van der Waals surface area contributed by atoms with E-state index in [-0.39, 0.29) is 35.7 Å². The molecule has 0 bridgehead atoms. The predicted molar refractivity (Wildman–Crippen MR) is 131 cm³/mol. The molecule has 1 aromatic heterocycles. The van der Waals surface area contributed by atoms with Gasteiger partial charge in [0.25, 0.3) is 6.43 Å². The van der Waals surface area contributed by atoms with E-state index in [2.05, 4.69) is 4.37 Å². The Morgan fingerprint density at radius 3 is 2.71 bits per heavy atom. The normalized spacial score (nSPS) is 16.5. The van der Waals surface area contributed by atoms with Gasteiger partial charge in [-0.05, 0) is 46.1 Å². The van der Waals surface area contributed by atoms with E-state index in [1.165, 1.54) is 18.1 Å². The first kappa shape index (κ1) is 23.5. The molecule has 1 N–H and O–H groups in total. The molecule has 1 atom stereocenters. The van der Waals surface area contributed by atoms with Gasteiger partial charge in [0.15, 0.2) is 5.82 Å². The number of halogens is 4. The van der Waals surface area contributed by atoms with Crippen LogP contribution >= 0.6 is 23.1 Å². The van der Waals surface area contributed by atoms with Gasteiger partial charge in [-0.15, -0.1) is 0 Å². The van der Waals surface area contributed by atoms with Gasteiger partial charge in [0.05, 0.1) is 12.1 Å². The molecule has 0 unspecified atom stereocenters. The summed E-state index contributed by atoms with van der Waals surface area (Å²) in [6.07, 6.45) is -4.06. The van der Waals surface area contributed by atoms with Gasteiger partial charge >= 0.3 is 6.09 Å². The molecule has 11 heteroatoms. The molecule has 6 nitrogen and oxygen atoms in total. The molecule has 0 radical (unpaired) electrons.